The third-order valence-corrected chi connectivity index (χ3v) is 3.99. The second kappa shape index (κ2) is 8.13. The molecule has 1 aliphatic rings. The van der Waals surface area contributed by atoms with Crippen molar-refractivity contribution in [1.29, 1.82) is 0 Å². The summed E-state index contributed by atoms with van der Waals surface area (Å²) in [7, 11) is 3.36. The fourth-order valence-corrected chi connectivity index (χ4v) is 2.82. The molecule has 0 unspecified atom stereocenters. The number of hydrogen-bond donors (Lipinski definition) is 1. The van der Waals surface area contributed by atoms with Crippen molar-refractivity contribution in [2.45, 2.75) is 6.10 Å². The van der Waals surface area contributed by atoms with Crippen molar-refractivity contribution in [2.24, 2.45) is 17.8 Å². The van der Waals surface area contributed by atoms with E-state index >= 15 is 0 Å². The minimum absolute atomic E-state index is 0.0125. The third kappa shape index (κ3) is 4.27. The molecule has 3 nitrogen and oxygen atoms in total. The smallest absolute Gasteiger partial charge is 0.0694 e. The summed E-state index contributed by atoms with van der Waals surface area (Å²) < 4.78 is 10.5. The van der Waals surface area contributed by atoms with Gasteiger partial charge in [0.25, 0.3) is 0 Å². The van der Waals surface area contributed by atoms with Gasteiger partial charge in [-0.05, 0) is 5.56 Å². The zero-order chi connectivity index (χ0) is 15.1. The maximum atomic E-state index is 10.6. The number of aliphatic hydroxyl groups excluding tert-OH is 1. The van der Waals surface area contributed by atoms with Gasteiger partial charge in [0.2, 0.25) is 0 Å². The summed E-state index contributed by atoms with van der Waals surface area (Å²) in [5.41, 5.74) is 1.14. The van der Waals surface area contributed by atoms with E-state index in [2.05, 4.69) is 36.4 Å². The molecule has 0 saturated heterocycles. The standard InChI is InChI=1S/C18H24O3/c1-20-12-16-11-10-15(18(19)17(16)13-21-2)9-8-14-6-4-3-5-7-14/h3-11,15-19H,12-13H2,1-2H3/b9-8+/t15-,16-,17+,18-/m1/s1. The lowest BCUT2D eigenvalue weighted by Crippen LogP contribution is -2.39. The molecule has 4 atom stereocenters. The maximum Gasteiger partial charge on any atom is 0.0694 e. The molecule has 0 heterocycles. The van der Waals surface area contributed by atoms with Crippen LogP contribution in [0.25, 0.3) is 6.08 Å². The van der Waals surface area contributed by atoms with E-state index in [1.807, 2.05) is 18.2 Å². The molecular formula is C18H24O3. The van der Waals surface area contributed by atoms with E-state index in [9.17, 15) is 5.11 Å². The number of hydrogen-bond acceptors (Lipinski definition) is 3. The average molecular weight is 288 g/mol. The number of aliphatic hydroxyl groups is 1. The van der Waals surface area contributed by atoms with Crippen LogP contribution in [-0.4, -0.2) is 38.6 Å². The topological polar surface area (TPSA) is 38.7 Å². The molecule has 2 rings (SSSR count). The highest BCUT2D eigenvalue weighted by Gasteiger charge is 2.33. The molecule has 0 spiro atoms. The van der Waals surface area contributed by atoms with Gasteiger partial charge in [0.1, 0.15) is 0 Å². The van der Waals surface area contributed by atoms with Crippen LogP contribution in [0.3, 0.4) is 0 Å². The molecule has 1 aromatic rings. The SMILES string of the molecule is COC[C@@H]1[C@H](O)[C@H](/C=C/c2ccccc2)C=C[C@@H]1COC. The van der Waals surface area contributed by atoms with Crippen LogP contribution < -0.4 is 0 Å². The molecule has 3 heteroatoms. The lowest BCUT2D eigenvalue weighted by molar-refractivity contribution is -0.0111. The predicted octanol–water partition coefficient (Wildman–Crippen LogP) is 2.77. The van der Waals surface area contributed by atoms with Crippen molar-refractivity contribution in [3.63, 3.8) is 0 Å². The van der Waals surface area contributed by atoms with Gasteiger partial charge in [0, 0.05) is 32.0 Å². The van der Waals surface area contributed by atoms with Crippen LogP contribution in [0.5, 0.6) is 0 Å². The maximum absolute atomic E-state index is 10.6. The van der Waals surface area contributed by atoms with Gasteiger partial charge >= 0.3 is 0 Å². The first-order chi connectivity index (χ1) is 10.3. The van der Waals surface area contributed by atoms with Gasteiger partial charge < -0.3 is 14.6 Å². The van der Waals surface area contributed by atoms with Gasteiger partial charge in [-0.1, -0.05) is 54.6 Å². The molecule has 0 amide bonds. The fourth-order valence-electron chi connectivity index (χ4n) is 2.82. The van der Waals surface area contributed by atoms with Gasteiger partial charge in [-0.3, -0.25) is 0 Å². The molecule has 0 aromatic heterocycles. The number of ether oxygens (including phenoxy) is 2. The zero-order valence-electron chi connectivity index (χ0n) is 12.7. The van der Waals surface area contributed by atoms with E-state index in [1.165, 1.54) is 0 Å². The van der Waals surface area contributed by atoms with E-state index in [0.29, 0.717) is 13.2 Å². The summed E-state index contributed by atoms with van der Waals surface area (Å²) >= 11 is 0. The zero-order valence-corrected chi connectivity index (χ0v) is 12.7. The van der Waals surface area contributed by atoms with Gasteiger partial charge in [-0.2, -0.15) is 0 Å². The summed E-state index contributed by atoms with van der Waals surface area (Å²) in [4.78, 5) is 0. The van der Waals surface area contributed by atoms with E-state index in [1.54, 1.807) is 14.2 Å². The summed E-state index contributed by atoms with van der Waals surface area (Å²) in [6, 6.07) is 10.1. The Bertz CT molecular complexity index is 467. The first-order valence-electron chi connectivity index (χ1n) is 7.33. The quantitative estimate of drug-likeness (QED) is 0.818. The van der Waals surface area contributed by atoms with Crippen molar-refractivity contribution in [3.8, 4) is 0 Å². The van der Waals surface area contributed by atoms with Crippen LogP contribution >= 0.6 is 0 Å². The molecule has 0 aliphatic heterocycles. The van der Waals surface area contributed by atoms with Crippen molar-refractivity contribution in [2.75, 3.05) is 27.4 Å². The molecule has 0 saturated carbocycles. The Morgan fingerprint density at radius 2 is 1.76 bits per heavy atom. The first kappa shape index (κ1) is 16.0. The highest BCUT2D eigenvalue weighted by Crippen LogP contribution is 2.30. The van der Waals surface area contributed by atoms with Crippen LogP contribution in [-0.2, 0) is 9.47 Å². The predicted molar refractivity (Wildman–Crippen MR) is 84.8 cm³/mol. The van der Waals surface area contributed by atoms with E-state index < -0.39 is 6.10 Å². The Labute approximate surface area is 126 Å². The van der Waals surface area contributed by atoms with Crippen molar-refractivity contribution in [3.05, 3.63) is 54.1 Å². The van der Waals surface area contributed by atoms with Gasteiger partial charge in [-0.25, -0.2) is 0 Å². The summed E-state index contributed by atoms with van der Waals surface area (Å²) in [6.07, 6.45) is 7.87. The highest BCUT2D eigenvalue weighted by molar-refractivity contribution is 5.49. The Hall–Kier alpha value is -1.42. The van der Waals surface area contributed by atoms with E-state index in [-0.39, 0.29) is 17.8 Å². The third-order valence-electron chi connectivity index (χ3n) is 3.99. The van der Waals surface area contributed by atoms with Crippen molar-refractivity contribution in [1.82, 2.24) is 0 Å². The lowest BCUT2D eigenvalue weighted by Gasteiger charge is -2.35. The minimum atomic E-state index is -0.449. The van der Waals surface area contributed by atoms with Crippen LogP contribution in [0.2, 0.25) is 0 Å². The average Bonchev–Trinajstić information content (AvgIpc) is 2.51. The molecule has 1 aromatic carbocycles. The fraction of sp³-hybridized carbons (Fsp3) is 0.444. The van der Waals surface area contributed by atoms with Crippen LogP contribution in [0.15, 0.2) is 48.6 Å². The van der Waals surface area contributed by atoms with Crippen molar-refractivity contribution < 1.29 is 14.6 Å². The summed E-state index contributed by atoms with van der Waals surface area (Å²) in [5.74, 6) is 0.273. The number of rotatable bonds is 6. The molecule has 0 bridgehead atoms. The molecule has 0 fully saturated rings. The van der Waals surface area contributed by atoms with Crippen LogP contribution in [0, 0.1) is 17.8 Å². The van der Waals surface area contributed by atoms with Gasteiger partial charge in [0.15, 0.2) is 0 Å². The first-order valence-corrected chi connectivity index (χ1v) is 7.33. The molecule has 21 heavy (non-hydrogen) atoms. The molecule has 0 radical (unpaired) electrons. The molecule has 1 aliphatic carbocycles. The van der Waals surface area contributed by atoms with Gasteiger partial charge in [0.05, 0.1) is 19.3 Å². The Morgan fingerprint density at radius 3 is 2.43 bits per heavy atom. The number of benzene rings is 1. The lowest BCUT2D eigenvalue weighted by atomic mass is 9.77. The van der Waals surface area contributed by atoms with Crippen molar-refractivity contribution >= 4 is 6.08 Å². The molecule has 1 N–H and O–H groups in total. The number of methoxy groups -OCH3 is 2. The van der Waals surface area contributed by atoms with Gasteiger partial charge in [-0.15, -0.1) is 0 Å². The Kier molecular flexibility index (Phi) is 6.18. The molecule has 114 valence electrons. The Balaban J connectivity index is 2.10. The second-order valence-electron chi connectivity index (χ2n) is 5.46. The molecular weight excluding hydrogens is 264 g/mol. The highest BCUT2D eigenvalue weighted by atomic mass is 16.5. The Morgan fingerprint density at radius 1 is 1.05 bits per heavy atom. The monoisotopic (exact) mass is 288 g/mol. The largest absolute Gasteiger partial charge is 0.392 e. The second-order valence-corrected chi connectivity index (χ2v) is 5.46. The minimum Gasteiger partial charge on any atom is -0.392 e. The van der Waals surface area contributed by atoms with Crippen LogP contribution in [0.1, 0.15) is 5.56 Å². The van der Waals surface area contributed by atoms with E-state index in [0.717, 1.165) is 5.56 Å². The normalized spacial score (nSPS) is 29.1. The summed E-state index contributed by atoms with van der Waals surface area (Å²) in [6.45, 7) is 1.14. The summed E-state index contributed by atoms with van der Waals surface area (Å²) in [5, 5.41) is 10.6. The van der Waals surface area contributed by atoms with Crippen LogP contribution in [0.4, 0.5) is 0 Å². The van der Waals surface area contributed by atoms with E-state index in [4.69, 9.17) is 9.47 Å².